The standard InChI is InChI=1S/C21H39N5O3/c1-13(2)10-25(16(27)12-24(9)15(5)21(6,7)8)17-18(22)26(11-14(3)4)20(29)23-19(17)28/h13-15H,10-12,22H2,1-9H3,(H,23,28,29). The number of H-pyrrole nitrogens is 1. The summed E-state index contributed by atoms with van der Waals surface area (Å²) in [5.74, 6) is 0.0903. The number of nitrogens with one attached hydrogen (secondary N) is 1. The minimum atomic E-state index is -0.631. The summed E-state index contributed by atoms with van der Waals surface area (Å²) in [6.07, 6.45) is 0. The molecule has 0 bridgehead atoms. The van der Waals surface area contributed by atoms with E-state index < -0.39 is 11.2 Å². The Balaban J connectivity index is 3.40. The number of carbonyl (C=O) groups excluding carboxylic acids is 1. The van der Waals surface area contributed by atoms with Gasteiger partial charge < -0.3 is 10.6 Å². The van der Waals surface area contributed by atoms with Gasteiger partial charge in [-0.25, -0.2) is 4.79 Å². The van der Waals surface area contributed by atoms with Crippen molar-refractivity contribution in [3.8, 4) is 0 Å². The highest BCUT2D eigenvalue weighted by Crippen LogP contribution is 2.24. The molecule has 1 atom stereocenters. The molecular weight excluding hydrogens is 370 g/mol. The largest absolute Gasteiger partial charge is 0.383 e. The van der Waals surface area contributed by atoms with Gasteiger partial charge in [-0.2, -0.15) is 0 Å². The number of likely N-dealkylation sites (N-methyl/N-ethyl adjacent to an activating group) is 1. The summed E-state index contributed by atoms with van der Waals surface area (Å²) in [4.78, 5) is 43.9. The summed E-state index contributed by atoms with van der Waals surface area (Å²) in [7, 11) is 1.90. The summed E-state index contributed by atoms with van der Waals surface area (Å²) < 4.78 is 1.34. The summed E-state index contributed by atoms with van der Waals surface area (Å²) in [5.41, 5.74) is 5.11. The third-order valence-corrected chi connectivity index (χ3v) is 5.18. The van der Waals surface area contributed by atoms with Crippen molar-refractivity contribution in [2.45, 2.75) is 68.0 Å². The average molecular weight is 410 g/mol. The lowest BCUT2D eigenvalue weighted by Gasteiger charge is -2.36. The molecule has 0 aliphatic rings. The first kappa shape index (κ1) is 24.9. The van der Waals surface area contributed by atoms with E-state index in [2.05, 4.69) is 32.7 Å². The van der Waals surface area contributed by atoms with Crippen LogP contribution in [0.3, 0.4) is 0 Å². The van der Waals surface area contributed by atoms with Crippen LogP contribution in [0.1, 0.15) is 55.4 Å². The van der Waals surface area contributed by atoms with Gasteiger partial charge in [0.05, 0.1) is 6.54 Å². The number of amides is 1. The van der Waals surface area contributed by atoms with Crippen LogP contribution in [0.4, 0.5) is 11.5 Å². The van der Waals surface area contributed by atoms with Crippen LogP contribution in [0.5, 0.6) is 0 Å². The molecule has 166 valence electrons. The van der Waals surface area contributed by atoms with Gasteiger partial charge in [-0.15, -0.1) is 0 Å². The number of nitrogen functional groups attached to an aromatic ring is 1. The molecule has 1 heterocycles. The predicted molar refractivity (Wildman–Crippen MR) is 119 cm³/mol. The number of nitrogens with zero attached hydrogens (tertiary/aromatic N) is 3. The van der Waals surface area contributed by atoms with Crippen LogP contribution >= 0.6 is 0 Å². The normalized spacial score (nSPS) is 13.4. The fourth-order valence-corrected chi connectivity index (χ4v) is 3.16. The number of anilines is 2. The maximum Gasteiger partial charge on any atom is 0.330 e. The van der Waals surface area contributed by atoms with Gasteiger partial charge >= 0.3 is 5.69 Å². The number of aromatic amines is 1. The Kier molecular flexibility index (Phi) is 8.26. The lowest BCUT2D eigenvalue weighted by atomic mass is 9.87. The number of hydrogen-bond acceptors (Lipinski definition) is 5. The second kappa shape index (κ2) is 9.61. The van der Waals surface area contributed by atoms with Crippen LogP contribution in [0.25, 0.3) is 0 Å². The van der Waals surface area contributed by atoms with Gasteiger partial charge in [-0.05, 0) is 31.2 Å². The van der Waals surface area contributed by atoms with E-state index in [4.69, 9.17) is 5.73 Å². The summed E-state index contributed by atoms with van der Waals surface area (Å²) in [6, 6.07) is 0.151. The third kappa shape index (κ3) is 6.45. The van der Waals surface area contributed by atoms with E-state index in [9.17, 15) is 14.4 Å². The van der Waals surface area contributed by atoms with E-state index in [-0.39, 0.29) is 47.2 Å². The maximum absolute atomic E-state index is 13.2. The zero-order chi connectivity index (χ0) is 22.7. The Morgan fingerprint density at radius 1 is 1.10 bits per heavy atom. The molecule has 1 aromatic heterocycles. The molecule has 1 unspecified atom stereocenters. The molecule has 0 aliphatic heterocycles. The molecule has 0 saturated heterocycles. The average Bonchev–Trinajstić information content (AvgIpc) is 2.55. The summed E-state index contributed by atoms with van der Waals surface area (Å²) in [5, 5.41) is 0. The summed E-state index contributed by atoms with van der Waals surface area (Å²) >= 11 is 0. The minimum absolute atomic E-state index is 0.00109. The molecule has 1 amide bonds. The Hall–Kier alpha value is -2.09. The van der Waals surface area contributed by atoms with Crippen molar-refractivity contribution < 1.29 is 4.79 Å². The van der Waals surface area contributed by atoms with Gasteiger partial charge in [0.15, 0.2) is 5.69 Å². The Bertz CT molecular complexity index is 817. The van der Waals surface area contributed by atoms with Crippen LogP contribution in [-0.2, 0) is 11.3 Å². The molecule has 8 nitrogen and oxygen atoms in total. The van der Waals surface area contributed by atoms with E-state index in [0.717, 1.165) is 0 Å². The van der Waals surface area contributed by atoms with Gasteiger partial charge in [0, 0.05) is 19.1 Å². The van der Waals surface area contributed by atoms with Crippen LogP contribution in [0.15, 0.2) is 9.59 Å². The zero-order valence-electron chi connectivity index (χ0n) is 19.5. The molecule has 0 aliphatic carbocycles. The molecule has 29 heavy (non-hydrogen) atoms. The van der Waals surface area contributed by atoms with Crippen LogP contribution in [-0.4, -0.2) is 46.5 Å². The maximum atomic E-state index is 13.2. The number of carbonyl (C=O) groups is 1. The first-order chi connectivity index (χ1) is 13.2. The van der Waals surface area contributed by atoms with Crippen LogP contribution < -0.4 is 21.9 Å². The zero-order valence-corrected chi connectivity index (χ0v) is 19.5. The van der Waals surface area contributed by atoms with Crippen LogP contribution in [0, 0.1) is 17.3 Å². The molecule has 0 aromatic carbocycles. The Labute approximate surface area is 174 Å². The van der Waals surface area contributed by atoms with Crippen molar-refractivity contribution >= 4 is 17.4 Å². The lowest BCUT2D eigenvalue weighted by molar-refractivity contribution is -0.120. The first-order valence-electron chi connectivity index (χ1n) is 10.3. The molecule has 0 fully saturated rings. The lowest BCUT2D eigenvalue weighted by Crippen LogP contribution is -2.49. The molecule has 3 N–H and O–H groups in total. The van der Waals surface area contributed by atoms with Gasteiger partial charge in [0.1, 0.15) is 5.82 Å². The Morgan fingerprint density at radius 2 is 1.66 bits per heavy atom. The van der Waals surface area contributed by atoms with E-state index in [0.29, 0.717) is 13.1 Å². The second-order valence-corrected chi connectivity index (χ2v) is 9.85. The number of nitrogens with two attached hydrogens (primary N) is 1. The molecule has 1 aromatic rings. The van der Waals surface area contributed by atoms with E-state index in [1.54, 1.807) is 0 Å². The SMILES string of the molecule is CC(C)CN(C(=O)CN(C)C(C)C(C)(C)C)c1c(N)n(CC(C)C)c(=O)[nH]c1=O. The fraction of sp³-hybridized carbons (Fsp3) is 0.762. The molecule has 0 saturated carbocycles. The van der Waals surface area contributed by atoms with Gasteiger partial charge in [0.2, 0.25) is 5.91 Å². The van der Waals surface area contributed by atoms with Gasteiger partial charge in [-0.1, -0.05) is 48.5 Å². The van der Waals surface area contributed by atoms with Crippen molar-refractivity contribution in [2.24, 2.45) is 17.3 Å². The third-order valence-electron chi connectivity index (χ3n) is 5.18. The monoisotopic (exact) mass is 409 g/mol. The smallest absolute Gasteiger partial charge is 0.330 e. The molecule has 1 rings (SSSR count). The van der Waals surface area contributed by atoms with Gasteiger partial charge in [-0.3, -0.25) is 24.0 Å². The van der Waals surface area contributed by atoms with Crippen molar-refractivity contribution in [3.63, 3.8) is 0 Å². The van der Waals surface area contributed by atoms with Crippen LogP contribution in [0.2, 0.25) is 0 Å². The van der Waals surface area contributed by atoms with Crippen molar-refractivity contribution in [1.29, 1.82) is 0 Å². The van der Waals surface area contributed by atoms with Gasteiger partial charge in [0.25, 0.3) is 5.56 Å². The fourth-order valence-electron chi connectivity index (χ4n) is 3.16. The van der Waals surface area contributed by atoms with E-state index in [1.807, 2.05) is 39.6 Å². The minimum Gasteiger partial charge on any atom is -0.383 e. The Morgan fingerprint density at radius 3 is 2.10 bits per heavy atom. The summed E-state index contributed by atoms with van der Waals surface area (Å²) in [6.45, 7) is 17.1. The molecule has 0 radical (unpaired) electrons. The number of hydrogen-bond donors (Lipinski definition) is 2. The highest BCUT2D eigenvalue weighted by Gasteiger charge is 2.29. The molecular formula is C21H39N5O3. The molecule has 8 heteroatoms. The van der Waals surface area contributed by atoms with Crippen molar-refractivity contribution in [2.75, 3.05) is 30.8 Å². The molecule has 0 spiro atoms. The van der Waals surface area contributed by atoms with E-state index in [1.165, 1.54) is 9.47 Å². The number of rotatable bonds is 8. The quantitative estimate of drug-likeness (QED) is 0.684. The highest BCUT2D eigenvalue weighted by atomic mass is 16.2. The topological polar surface area (TPSA) is 104 Å². The predicted octanol–water partition coefficient (Wildman–Crippen LogP) is 2.13. The number of aromatic nitrogens is 2. The highest BCUT2D eigenvalue weighted by molar-refractivity contribution is 5.96. The van der Waals surface area contributed by atoms with E-state index >= 15 is 0 Å². The first-order valence-corrected chi connectivity index (χ1v) is 10.3. The second-order valence-electron chi connectivity index (χ2n) is 9.85. The van der Waals surface area contributed by atoms with Crippen molar-refractivity contribution in [1.82, 2.24) is 14.5 Å². The van der Waals surface area contributed by atoms with Crippen molar-refractivity contribution in [3.05, 3.63) is 20.8 Å².